The number of aryl methyl sites for hydroxylation is 1. The molecule has 2 aromatic carbocycles. The number of anilines is 1. The number of ether oxygens (including phenoxy) is 3. The summed E-state index contributed by atoms with van der Waals surface area (Å²) in [7, 11) is 7.04. The van der Waals surface area contributed by atoms with E-state index >= 15 is 0 Å². The molecule has 3 aliphatic rings. The summed E-state index contributed by atoms with van der Waals surface area (Å²) in [6.45, 7) is 6.33. The first-order valence-electron chi connectivity index (χ1n) is 18.4. The summed E-state index contributed by atoms with van der Waals surface area (Å²) in [5, 5.41) is 3.58. The number of benzene rings is 2. The van der Waals surface area contributed by atoms with E-state index in [1.54, 1.807) is 50.4 Å². The number of carbonyl (C=O) groups excluding carboxylic acids is 4. The van der Waals surface area contributed by atoms with Gasteiger partial charge in [0.05, 0.1) is 49.5 Å². The minimum Gasteiger partial charge on any atom is -0.496 e. The Balaban J connectivity index is 0.883. The van der Waals surface area contributed by atoms with Crippen molar-refractivity contribution in [2.45, 2.75) is 25.4 Å². The number of imide groups is 2. The van der Waals surface area contributed by atoms with E-state index in [9.17, 15) is 24.0 Å². The Labute approximate surface area is 318 Å². The second kappa shape index (κ2) is 16.0. The van der Waals surface area contributed by atoms with Gasteiger partial charge < -0.3 is 23.7 Å². The lowest BCUT2D eigenvalue weighted by Gasteiger charge is -2.36. The monoisotopic (exact) mass is 751 g/mol. The average Bonchev–Trinajstić information content (AvgIpc) is 3.44. The summed E-state index contributed by atoms with van der Waals surface area (Å²) in [6, 6.07) is 10.1. The number of nitrogens with zero attached hydrogens (tertiary/aromatic N) is 6. The zero-order chi connectivity index (χ0) is 38.8. The van der Waals surface area contributed by atoms with Gasteiger partial charge in [-0.1, -0.05) is 0 Å². The molecule has 1 atom stereocenters. The molecule has 55 heavy (non-hydrogen) atoms. The van der Waals surface area contributed by atoms with Crippen molar-refractivity contribution in [3.63, 3.8) is 0 Å². The van der Waals surface area contributed by atoms with E-state index in [0.717, 1.165) is 65.4 Å². The second-order valence-electron chi connectivity index (χ2n) is 14.1. The van der Waals surface area contributed by atoms with E-state index in [4.69, 9.17) is 14.2 Å². The van der Waals surface area contributed by atoms with Gasteiger partial charge in [-0.2, -0.15) is 0 Å². The van der Waals surface area contributed by atoms with Crippen molar-refractivity contribution in [2.75, 3.05) is 78.6 Å². The van der Waals surface area contributed by atoms with E-state index in [0.29, 0.717) is 43.2 Å². The molecule has 1 N–H and O–H groups in total. The van der Waals surface area contributed by atoms with Crippen molar-refractivity contribution in [1.82, 2.24) is 29.6 Å². The van der Waals surface area contributed by atoms with Crippen LogP contribution in [0.3, 0.4) is 0 Å². The number of hydrogen-bond donors (Lipinski definition) is 1. The number of rotatable bonds is 13. The molecular formula is C40H45N7O8. The van der Waals surface area contributed by atoms with E-state index < -0.39 is 29.7 Å². The van der Waals surface area contributed by atoms with Crippen LogP contribution in [0.25, 0.3) is 21.9 Å². The maximum Gasteiger partial charge on any atom is 0.262 e. The molecule has 2 saturated heterocycles. The third-order valence-corrected chi connectivity index (χ3v) is 10.7. The molecule has 15 heteroatoms. The number of carbonyl (C=O) groups is 4. The molecule has 2 fully saturated rings. The van der Waals surface area contributed by atoms with Crippen molar-refractivity contribution < 1.29 is 33.4 Å². The van der Waals surface area contributed by atoms with Gasteiger partial charge in [0.15, 0.2) is 0 Å². The summed E-state index contributed by atoms with van der Waals surface area (Å²) >= 11 is 0. The number of pyridine rings is 2. The molecule has 4 aromatic rings. The lowest BCUT2D eigenvalue weighted by molar-refractivity contribution is -0.136. The number of fused-ring (bicyclic) bond motifs is 2. The molecule has 0 bridgehead atoms. The van der Waals surface area contributed by atoms with Crippen molar-refractivity contribution in [3.8, 4) is 22.6 Å². The maximum absolute atomic E-state index is 13.3. The molecule has 3 aliphatic heterocycles. The fourth-order valence-corrected chi connectivity index (χ4v) is 7.59. The Morgan fingerprint density at radius 1 is 0.873 bits per heavy atom. The van der Waals surface area contributed by atoms with Gasteiger partial charge in [0.2, 0.25) is 11.8 Å². The minimum atomic E-state index is -0.982. The number of hydrogen-bond acceptors (Lipinski definition) is 12. The Morgan fingerprint density at radius 2 is 1.60 bits per heavy atom. The Kier molecular flexibility index (Phi) is 11.0. The Morgan fingerprint density at radius 3 is 2.31 bits per heavy atom. The summed E-state index contributed by atoms with van der Waals surface area (Å²) < 4.78 is 19.3. The van der Waals surface area contributed by atoms with Gasteiger partial charge in [0, 0.05) is 89.1 Å². The smallest absolute Gasteiger partial charge is 0.262 e. The zero-order valence-corrected chi connectivity index (χ0v) is 31.5. The molecule has 4 amide bonds. The molecule has 1 unspecified atom stereocenters. The van der Waals surface area contributed by atoms with Gasteiger partial charge in [-0.25, -0.2) is 0 Å². The van der Waals surface area contributed by atoms with Gasteiger partial charge in [-0.05, 0) is 60.8 Å². The Bertz CT molecular complexity index is 2190. The molecule has 15 nitrogen and oxygen atoms in total. The van der Waals surface area contributed by atoms with Crippen LogP contribution < -0.4 is 25.2 Å². The number of piperidine rings is 1. The second-order valence-corrected chi connectivity index (χ2v) is 14.1. The normalized spacial score (nSPS) is 17.7. The highest BCUT2D eigenvalue weighted by atomic mass is 16.5. The van der Waals surface area contributed by atoms with Gasteiger partial charge in [0.25, 0.3) is 17.4 Å². The lowest BCUT2D eigenvalue weighted by atomic mass is 9.99. The predicted octanol–water partition coefficient (Wildman–Crippen LogP) is 2.29. The molecular weight excluding hydrogens is 706 g/mol. The number of amides is 4. The first-order chi connectivity index (χ1) is 26.6. The Hall–Kier alpha value is -5.64. The van der Waals surface area contributed by atoms with Crippen LogP contribution in [-0.2, 0) is 27.9 Å². The van der Waals surface area contributed by atoms with Crippen molar-refractivity contribution in [3.05, 3.63) is 82.0 Å². The first-order valence-corrected chi connectivity index (χ1v) is 18.4. The van der Waals surface area contributed by atoms with Gasteiger partial charge in [-0.15, -0.1) is 0 Å². The van der Waals surface area contributed by atoms with E-state index in [1.807, 2.05) is 37.5 Å². The molecule has 5 heterocycles. The third-order valence-electron chi connectivity index (χ3n) is 10.7. The van der Waals surface area contributed by atoms with Crippen LogP contribution in [0.5, 0.6) is 11.5 Å². The zero-order valence-electron chi connectivity index (χ0n) is 31.5. The van der Waals surface area contributed by atoms with Crippen LogP contribution in [0.2, 0.25) is 0 Å². The molecule has 0 spiro atoms. The highest BCUT2D eigenvalue weighted by Crippen LogP contribution is 2.38. The predicted molar refractivity (Wildman–Crippen MR) is 204 cm³/mol. The highest BCUT2D eigenvalue weighted by Gasteiger charge is 2.44. The summed E-state index contributed by atoms with van der Waals surface area (Å²) in [6.07, 6.45) is 5.31. The molecule has 288 valence electrons. The standard InChI is InChI=1S/C40H45N7O8/c1-43(23-32-34(53-3)19-25(20-35(32)54-4)31-24-44(2)38(50)30-22-41-10-9-27(30)31)15-17-55-18-16-45-11-13-46(14-12-45)26-5-6-28-29(21-26)40(52)47(39(28)51)33-7-8-36(48)42-37(33)49/h5-6,9-10,19-22,24,33H,7-8,11-18,23H2,1-4H3,(H,42,48,49). The third kappa shape index (κ3) is 7.55. The quantitative estimate of drug-likeness (QED) is 0.157. The number of likely N-dealkylation sites (N-methyl/N-ethyl adjacent to an activating group) is 1. The molecule has 0 saturated carbocycles. The number of piperazine rings is 1. The summed E-state index contributed by atoms with van der Waals surface area (Å²) in [5.74, 6) is -0.646. The fourth-order valence-electron chi connectivity index (χ4n) is 7.59. The van der Waals surface area contributed by atoms with Crippen LogP contribution in [0, 0.1) is 0 Å². The van der Waals surface area contributed by atoms with Crippen molar-refractivity contribution in [1.29, 1.82) is 0 Å². The number of nitrogens with one attached hydrogen (secondary N) is 1. The largest absolute Gasteiger partial charge is 0.496 e. The van der Waals surface area contributed by atoms with Crippen molar-refractivity contribution >= 4 is 40.1 Å². The summed E-state index contributed by atoms with van der Waals surface area (Å²) in [4.78, 5) is 74.9. The SMILES string of the molecule is COc1cc(-c2cn(C)c(=O)c3cnccc23)cc(OC)c1CN(C)CCOCCN1CCN(c2ccc3c(c2)C(=O)N(C2CCC(=O)NC2=O)C3=O)CC1. The van der Waals surface area contributed by atoms with E-state index in [-0.39, 0.29) is 29.5 Å². The van der Waals surface area contributed by atoms with E-state index in [2.05, 4.69) is 25.0 Å². The first kappa shape index (κ1) is 37.7. The maximum atomic E-state index is 13.3. The average molecular weight is 752 g/mol. The molecule has 0 radical (unpaired) electrons. The molecule has 2 aromatic heterocycles. The number of methoxy groups -OCH3 is 2. The van der Waals surface area contributed by atoms with Crippen molar-refractivity contribution in [2.24, 2.45) is 7.05 Å². The number of aromatic nitrogens is 2. The molecule has 0 aliphatic carbocycles. The van der Waals surface area contributed by atoms with Crippen LogP contribution in [0.4, 0.5) is 5.69 Å². The van der Waals surface area contributed by atoms with Gasteiger partial charge >= 0.3 is 0 Å². The summed E-state index contributed by atoms with van der Waals surface area (Å²) in [5.41, 5.74) is 3.97. The topological polar surface area (TPSA) is 156 Å². The van der Waals surface area contributed by atoms with Crippen LogP contribution in [0.1, 0.15) is 39.1 Å². The van der Waals surface area contributed by atoms with Crippen LogP contribution in [-0.4, -0.2) is 128 Å². The van der Waals surface area contributed by atoms with Gasteiger partial charge in [0.1, 0.15) is 17.5 Å². The van der Waals surface area contributed by atoms with Crippen LogP contribution >= 0.6 is 0 Å². The van der Waals surface area contributed by atoms with Gasteiger partial charge in [-0.3, -0.25) is 49.0 Å². The van der Waals surface area contributed by atoms with Crippen LogP contribution in [0.15, 0.2) is 59.8 Å². The molecule has 7 rings (SSSR count). The minimum absolute atomic E-state index is 0.0845. The lowest BCUT2D eigenvalue weighted by Crippen LogP contribution is -2.54. The highest BCUT2D eigenvalue weighted by molar-refractivity contribution is 6.23. The fraction of sp³-hybridized carbons (Fsp3) is 0.400. The van der Waals surface area contributed by atoms with E-state index in [1.165, 1.54) is 0 Å².